The van der Waals surface area contributed by atoms with Gasteiger partial charge in [0.15, 0.2) is 0 Å². The number of hydrogen-bond acceptors (Lipinski definition) is 8. The smallest absolute Gasteiger partial charge is 0.234 e. The average Bonchev–Trinajstić information content (AvgIpc) is 3.48. The van der Waals surface area contributed by atoms with Crippen molar-refractivity contribution in [2.45, 2.75) is 3.79 Å². The fourth-order valence-corrected chi connectivity index (χ4v) is 2.97. The van der Waals surface area contributed by atoms with Crippen LogP contribution in [0, 0.1) is 0 Å². The predicted octanol–water partition coefficient (Wildman–Crippen LogP) is 0.879. The largest absolute Gasteiger partial charge is 0.365 e. The minimum Gasteiger partial charge on any atom is -0.365 e. The maximum Gasteiger partial charge on any atom is 0.234 e. The van der Waals surface area contributed by atoms with Crippen LogP contribution in [0.5, 0.6) is 0 Å². The van der Waals surface area contributed by atoms with Crippen LogP contribution in [0.1, 0.15) is 5.69 Å². The Morgan fingerprint density at radius 3 is 1.93 bits per heavy atom. The van der Waals surface area contributed by atoms with Gasteiger partial charge >= 0.3 is 0 Å². The van der Waals surface area contributed by atoms with Crippen LogP contribution >= 0.6 is 34.8 Å². The van der Waals surface area contributed by atoms with Crippen LogP contribution in [0.2, 0.25) is 0 Å². The lowest BCUT2D eigenvalue weighted by Gasteiger charge is -2.21. The monoisotopic (exact) mass is 428 g/mol. The van der Waals surface area contributed by atoms with E-state index in [4.69, 9.17) is 34.8 Å². The van der Waals surface area contributed by atoms with E-state index < -0.39 is 3.79 Å². The summed E-state index contributed by atoms with van der Waals surface area (Å²) in [6.45, 7) is 5.41. The van der Waals surface area contributed by atoms with Gasteiger partial charge < -0.3 is 14.7 Å². The van der Waals surface area contributed by atoms with E-state index in [1.165, 1.54) is 18.3 Å². The number of carbonyl (C=O) groups excluding carboxylic acids is 2. The van der Waals surface area contributed by atoms with Gasteiger partial charge in [0.1, 0.15) is 17.1 Å². The molecule has 3 aliphatic heterocycles. The summed E-state index contributed by atoms with van der Waals surface area (Å²) in [6, 6.07) is 1.49. The van der Waals surface area contributed by atoms with Crippen LogP contribution in [0.15, 0.2) is 35.4 Å². The fourth-order valence-electron chi connectivity index (χ4n) is 2.67. The van der Waals surface area contributed by atoms with Crippen molar-refractivity contribution in [1.82, 2.24) is 30.1 Å². The lowest BCUT2D eigenvalue weighted by molar-refractivity contribution is -0.117. The Labute approximate surface area is 170 Å². The standard InChI is InChI=1S/C12H13N3O2.C4H2Cl3N3/c16-9-7-8(13-1-2-13)12(17)11(15-5-6-15)10(9)14-3-4-14;5-4(6,7)3-1-2-8-10-9-3/h7H,1-6H2;1-2H. The number of carbonyl (C=O) groups is 2. The molecular formula is C16H15Cl3N6O2. The summed E-state index contributed by atoms with van der Waals surface area (Å²) in [6.07, 6.45) is 2.93. The molecule has 0 radical (unpaired) electrons. The van der Waals surface area contributed by atoms with E-state index in [0.717, 1.165) is 39.3 Å². The molecule has 11 heteroatoms. The van der Waals surface area contributed by atoms with Crippen molar-refractivity contribution in [2.75, 3.05) is 39.3 Å². The molecule has 0 bridgehead atoms. The summed E-state index contributed by atoms with van der Waals surface area (Å²) < 4.78 is -1.50. The number of allylic oxidation sites excluding steroid dienone is 1. The lowest BCUT2D eigenvalue weighted by atomic mass is 10.0. The van der Waals surface area contributed by atoms with Crippen molar-refractivity contribution >= 4 is 46.4 Å². The third-order valence-electron chi connectivity index (χ3n) is 4.28. The molecule has 0 spiro atoms. The summed E-state index contributed by atoms with van der Waals surface area (Å²) in [5, 5.41) is 10.2. The third kappa shape index (κ3) is 4.17. The minimum absolute atomic E-state index is 0.00546. The number of nitrogens with zero attached hydrogens (tertiary/aromatic N) is 6. The second-order valence-electron chi connectivity index (χ2n) is 6.38. The second-order valence-corrected chi connectivity index (χ2v) is 8.67. The Balaban J connectivity index is 0.000000155. The third-order valence-corrected chi connectivity index (χ3v) is 4.86. The number of hydrogen-bond donors (Lipinski definition) is 0. The van der Waals surface area contributed by atoms with Crippen LogP contribution in [0.3, 0.4) is 0 Å². The molecule has 5 rings (SSSR count). The highest BCUT2D eigenvalue weighted by Crippen LogP contribution is 2.36. The Bertz CT molecular complexity index is 839. The van der Waals surface area contributed by atoms with Crippen molar-refractivity contribution in [2.24, 2.45) is 0 Å². The first-order valence-electron chi connectivity index (χ1n) is 8.37. The molecule has 0 N–H and O–H groups in total. The molecule has 3 fully saturated rings. The molecule has 1 aromatic heterocycles. The van der Waals surface area contributed by atoms with Gasteiger partial charge in [-0.1, -0.05) is 34.8 Å². The lowest BCUT2D eigenvalue weighted by Crippen LogP contribution is -2.29. The van der Waals surface area contributed by atoms with Crippen molar-refractivity contribution in [3.63, 3.8) is 0 Å². The molecule has 0 saturated carbocycles. The van der Waals surface area contributed by atoms with Crippen molar-refractivity contribution in [3.05, 3.63) is 41.1 Å². The quantitative estimate of drug-likeness (QED) is 0.398. The summed E-state index contributed by atoms with van der Waals surface area (Å²) >= 11 is 16.4. The summed E-state index contributed by atoms with van der Waals surface area (Å²) in [5.74, 6) is 0.0485. The van der Waals surface area contributed by atoms with E-state index in [0.29, 0.717) is 17.1 Å². The first-order valence-corrected chi connectivity index (χ1v) is 9.51. The van der Waals surface area contributed by atoms with Gasteiger partial charge in [-0.3, -0.25) is 9.59 Å². The SMILES string of the molecule is ClC(Cl)(Cl)c1ccnnn1.O=C1C=C(N2CC2)C(=O)C(N2CC2)=C1N1CC1. The molecule has 1 aliphatic carbocycles. The maximum atomic E-state index is 12.4. The molecule has 0 aromatic carbocycles. The molecule has 8 nitrogen and oxygen atoms in total. The fraction of sp³-hybridized carbons (Fsp3) is 0.438. The van der Waals surface area contributed by atoms with E-state index in [-0.39, 0.29) is 17.3 Å². The van der Waals surface area contributed by atoms with Gasteiger partial charge in [-0.25, -0.2) is 0 Å². The molecule has 0 unspecified atom stereocenters. The Kier molecular flexibility index (Phi) is 4.73. The van der Waals surface area contributed by atoms with Gasteiger partial charge in [0.05, 0.1) is 11.9 Å². The second kappa shape index (κ2) is 6.92. The van der Waals surface area contributed by atoms with Crippen LogP contribution in [-0.2, 0) is 13.4 Å². The zero-order chi connectivity index (χ0) is 19.2. The van der Waals surface area contributed by atoms with Crippen LogP contribution in [0.4, 0.5) is 0 Å². The zero-order valence-corrected chi connectivity index (χ0v) is 16.4. The minimum atomic E-state index is -1.50. The molecule has 3 saturated heterocycles. The highest BCUT2D eigenvalue weighted by atomic mass is 35.6. The predicted molar refractivity (Wildman–Crippen MR) is 98.9 cm³/mol. The van der Waals surface area contributed by atoms with Crippen LogP contribution in [0.25, 0.3) is 0 Å². The van der Waals surface area contributed by atoms with Crippen LogP contribution < -0.4 is 0 Å². The summed E-state index contributed by atoms with van der Waals surface area (Å²) in [4.78, 5) is 30.5. The summed E-state index contributed by atoms with van der Waals surface area (Å²) in [7, 11) is 0. The van der Waals surface area contributed by atoms with E-state index in [2.05, 4.69) is 15.4 Å². The number of ketones is 2. The molecule has 27 heavy (non-hydrogen) atoms. The molecule has 4 aliphatic rings. The normalized spacial score (nSPS) is 21.0. The Morgan fingerprint density at radius 2 is 1.48 bits per heavy atom. The first-order chi connectivity index (χ1) is 12.9. The van der Waals surface area contributed by atoms with Gasteiger partial charge in [0, 0.05) is 45.3 Å². The topological polar surface area (TPSA) is 81.8 Å². The van der Waals surface area contributed by atoms with E-state index in [9.17, 15) is 9.59 Å². The summed E-state index contributed by atoms with van der Waals surface area (Å²) in [5.41, 5.74) is 2.16. The first kappa shape index (κ1) is 18.5. The maximum absolute atomic E-state index is 12.4. The molecule has 142 valence electrons. The molecular weight excluding hydrogens is 415 g/mol. The molecule has 0 amide bonds. The van der Waals surface area contributed by atoms with Gasteiger partial charge in [-0.15, -0.1) is 10.2 Å². The number of aromatic nitrogens is 3. The Hall–Kier alpha value is -1.90. The highest BCUT2D eigenvalue weighted by molar-refractivity contribution is 6.66. The van der Waals surface area contributed by atoms with Gasteiger partial charge in [-0.05, 0) is 11.3 Å². The van der Waals surface area contributed by atoms with Gasteiger partial charge in [0.25, 0.3) is 0 Å². The number of alkyl halides is 3. The van der Waals surface area contributed by atoms with Crippen LogP contribution in [-0.4, -0.2) is 80.9 Å². The zero-order valence-electron chi connectivity index (χ0n) is 14.1. The highest BCUT2D eigenvalue weighted by Gasteiger charge is 2.43. The van der Waals surface area contributed by atoms with Gasteiger partial charge in [-0.2, -0.15) is 0 Å². The number of Topliss-reactive ketones (excluding diaryl/α,β-unsaturated/α-hetero) is 1. The van der Waals surface area contributed by atoms with E-state index >= 15 is 0 Å². The number of rotatable bonds is 3. The van der Waals surface area contributed by atoms with Gasteiger partial charge in [0.2, 0.25) is 15.4 Å². The molecule has 1 aromatic rings. The van der Waals surface area contributed by atoms with Crippen molar-refractivity contribution in [3.8, 4) is 0 Å². The molecule has 4 heterocycles. The molecule has 0 atom stereocenters. The van der Waals surface area contributed by atoms with Crippen molar-refractivity contribution in [1.29, 1.82) is 0 Å². The van der Waals surface area contributed by atoms with E-state index in [1.54, 1.807) is 0 Å². The number of halogens is 3. The average molecular weight is 430 g/mol. The Morgan fingerprint density at radius 1 is 0.889 bits per heavy atom. The van der Waals surface area contributed by atoms with Crippen molar-refractivity contribution < 1.29 is 9.59 Å². The van der Waals surface area contributed by atoms with E-state index in [1.807, 2.05) is 14.7 Å².